The second kappa shape index (κ2) is 7.81. The lowest BCUT2D eigenvalue weighted by atomic mass is 10.1. The molecule has 0 aliphatic carbocycles. The lowest BCUT2D eigenvalue weighted by molar-refractivity contribution is -0.131. The summed E-state index contributed by atoms with van der Waals surface area (Å²) in [5, 5.41) is 0. The van der Waals surface area contributed by atoms with Gasteiger partial charge < -0.3 is 9.64 Å². The highest BCUT2D eigenvalue weighted by molar-refractivity contribution is 6.01. The Labute approximate surface area is 126 Å². The summed E-state index contributed by atoms with van der Waals surface area (Å²) in [4.78, 5) is 26.3. The number of ether oxygens (including phenoxy) is 1. The predicted molar refractivity (Wildman–Crippen MR) is 81.6 cm³/mol. The van der Waals surface area contributed by atoms with Crippen molar-refractivity contribution in [2.45, 2.75) is 39.0 Å². The number of hydrogen-bond donors (Lipinski definition) is 0. The highest BCUT2D eigenvalue weighted by Crippen LogP contribution is 2.20. The third-order valence-electron chi connectivity index (χ3n) is 3.74. The van der Waals surface area contributed by atoms with Crippen molar-refractivity contribution >= 4 is 11.7 Å². The van der Waals surface area contributed by atoms with E-state index >= 15 is 0 Å². The van der Waals surface area contributed by atoms with Gasteiger partial charge in [0.25, 0.3) is 0 Å². The second-order valence-corrected chi connectivity index (χ2v) is 5.33. The first-order valence-electron chi connectivity index (χ1n) is 7.75. The fourth-order valence-corrected chi connectivity index (χ4v) is 2.62. The maximum Gasteiger partial charge on any atom is 0.222 e. The van der Waals surface area contributed by atoms with Gasteiger partial charge in [0, 0.05) is 13.0 Å². The molecule has 1 saturated heterocycles. The number of carbonyl (C=O) groups is 2. The zero-order valence-corrected chi connectivity index (χ0v) is 12.6. The minimum Gasteiger partial charge on any atom is -0.493 e. The molecule has 0 atom stereocenters. The summed E-state index contributed by atoms with van der Waals surface area (Å²) >= 11 is 0. The van der Waals surface area contributed by atoms with Crippen molar-refractivity contribution in [3.05, 3.63) is 29.8 Å². The lowest BCUT2D eigenvalue weighted by Gasteiger charge is -2.24. The number of hydrogen-bond acceptors (Lipinski definition) is 3. The zero-order chi connectivity index (χ0) is 15.1. The van der Waals surface area contributed by atoms with Crippen LogP contribution >= 0.6 is 0 Å². The fraction of sp³-hybridized carbons (Fsp3) is 0.529. The first kappa shape index (κ1) is 15.5. The Hall–Kier alpha value is -1.84. The first-order chi connectivity index (χ1) is 10.2. The van der Waals surface area contributed by atoms with Crippen molar-refractivity contribution in [3.63, 3.8) is 0 Å². The van der Waals surface area contributed by atoms with Crippen LogP contribution in [0.3, 0.4) is 0 Å². The third-order valence-corrected chi connectivity index (χ3v) is 3.74. The van der Waals surface area contributed by atoms with Crippen molar-refractivity contribution in [1.82, 2.24) is 4.90 Å². The maximum absolute atomic E-state index is 12.5. The van der Waals surface area contributed by atoms with Crippen molar-refractivity contribution in [2.75, 3.05) is 19.7 Å². The van der Waals surface area contributed by atoms with E-state index in [-0.39, 0.29) is 18.2 Å². The van der Waals surface area contributed by atoms with Gasteiger partial charge in [0.2, 0.25) is 5.91 Å². The van der Waals surface area contributed by atoms with Crippen LogP contribution in [0.5, 0.6) is 5.75 Å². The molecule has 4 heteroatoms. The monoisotopic (exact) mass is 289 g/mol. The van der Waals surface area contributed by atoms with Crippen LogP contribution in [0.1, 0.15) is 49.4 Å². The van der Waals surface area contributed by atoms with E-state index < -0.39 is 0 Å². The molecule has 0 unspecified atom stereocenters. The molecule has 0 spiro atoms. The van der Waals surface area contributed by atoms with Gasteiger partial charge in [0.1, 0.15) is 5.75 Å². The van der Waals surface area contributed by atoms with Crippen LogP contribution in [0.15, 0.2) is 24.3 Å². The largest absolute Gasteiger partial charge is 0.493 e. The standard InChI is InChI=1S/C17H23NO3/c1-2-21-16-10-7-6-9-14(16)15(19)13-18-12-8-4-3-5-11-17(18)20/h6-7,9-10H,2-5,8,11-13H2,1H3. The average molecular weight is 289 g/mol. The first-order valence-corrected chi connectivity index (χ1v) is 7.75. The third kappa shape index (κ3) is 4.31. The van der Waals surface area contributed by atoms with E-state index in [4.69, 9.17) is 4.74 Å². The van der Waals surface area contributed by atoms with Crippen molar-refractivity contribution < 1.29 is 14.3 Å². The Bertz CT molecular complexity index is 499. The van der Waals surface area contributed by atoms with Gasteiger partial charge in [-0.3, -0.25) is 9.59 Å². The number of amides is 1. The summed E-state index contributed by atoms with van der Waals surface area (Å²) in [7, 11) is 0. The maximum atomic E-state index is 12.5. The van der Waals surface area contributed by atoms with Crippen molar-refractivity contribution in [3.8, 4) is 5.75 Å². The van der Waals surface area contributed by atoms with Gasteiger partial charge in [-0.15, -0.1) is 0 Å². The number of Topliss-reactive ketones (excluding diaryl/α,β-unsaturated/α-hetero) is 1. The smallest absolute Gasteiger partial charge is 0.222 e. The molecule has 21 heavy (non-hydrogen) atoms. The Kier molecular flexibility index (Phi) is 5.78. The van der Waals surface area contributed by atoms with E-state index in [0.29, 0.717) is 30.9 Å². The quantitative estimate of drug-likeness (QED) is 0.783. The van der Waals surface area contributed by atoms with Crippen LogP contribution in [0, 0.1) is 0 Å². The molecule has 114 valence electrons. The summed E-state index contributed by atoms with van der Waals surface area (Å²) in [6.07, 6.45) is 4.71. The average Bonchev–Trinajstić information content (AvgIpc) is 2.48. The van der Waals surface area contributed by atoms with Crippen molar-refractivity contribution in [1.29, 1.82) is 0 Å². The number of benzene rings is 1. The van der Waals surface area contributed by atoms with Gasteiger partial charge in [0.15, 0.2) is 5.78 Å². The minimum absolute atomic E-state index is 0.0482. The number of likely N-dealkylation sites (tertiary alicyclic amines) is 1. The van der Waals surface area contributed by atoms with Crippen LogP contribution in [0.4, 0.5) is 0 Å². The van der Waals surface area contributed by atoms with Gasteiger partial charge in [-0.2, -0.15) is 0 Å². The Morgan fingerprint density at radius 2 is 1.95 bits per heavy atom. The van der Waals surface area contributed by atoms with E-state index in [1.54, 1.807) is 17.0 Å². The van der Waals surface area contributed by atoms with Gasteiger partial charge >= 0.3 is 0 Å². The molecule has 1 aliphatic rings. The molecule has 0 N–H and O–H groups in total. The molecule has 1 aromatic carbocycles. The van der Waals surface area contributed by atoms with Crippen LogP contribution < -0.4 is 4.74 Å². The van der Waals surface area contributed by atoms with E-state index in [1.807, 2.05) is 19.1 Å². The van der Waals surface area contributed by atoms with Gasteiger partial charge in [-0.1, -0.05) is 25.0 Å². The molecular weight excluding hydrogens is 266 g/mol. The van der Waals surface area contributed by atoms with E-state index in [1.165, 1.54) is 0 Å². The van der Waals surface area contributed by atoms with E-state index in [0.717, 1.165) is 25.7 Å². The lowest BCUT2D eigenvalue weighted by Crippen LogP contribution is -2.37. The molecule has 1 heterocycles. The normalized spacial score (nSPS) is 16.2. The van der Waals surface area contributed by atoms with Crippen molar-refractivity contribution in [2.24, 2.45) is 0 Å². The fourth-order valence-electron chi connectivity index (χ4n) is 2.62. The molecule has 1 aliphatic heterocycles. The SMILES string of the molecule is CCOc1ccccc1C(=O)CN1CCCCCCC1=O. The van der Waals surface area contributed by atoms with Crippen LogP contribution in [0.25, 0.3) is 0 Å². The summed E-state index contributed by atoms with van der Waals surface area (Å²) in [6, 6.07) is 7.24. The number of rotatable bonds is 5. The molecule has 1 aromatic rings. The topological polar surface area (TPSA) is 46.6 Å². The van der Waals surface area contributed by atoms with Gasteiger partial charge in [0.05, 0.1) is 18.7 Å². The summed E-state index contributed by atoms with van der Waals surface area (Å²) in [6.45, 7) is 3.25. The Morgan fingerprint density at radius 3 is 2.76 bits per heavy atom. The molecule has 2 rings (SSSR count). The molecule has 0 radical (unpaired) electrons. The van der Waals surface area contributed by atoms with Gasteiger partial charge in [-0.05, 0) is 31.9 Å². The molecular formula is C17H23NO3. The van der Waals surface area contributed by atoms with Crippen LogP contribution in [-0.2, 0) is 4.79 Å². The number of nitrogens with zero attached hydrogens (tertiary/aromatic N) is 1. The van der Waals surface area contributed by atoms with Crippen LogP contribution in [-0.4, -0.2) is 36.3 Å². The Morgan fingerprint density at radius 1 is 1.19 bits per heavy atom. The molecule has 1 fully saturated rings. The highest BCUT2D eigenvalue weighted by atomic mass is 16.5. The predicted octanol–water partition coefficient (Wildman–Crippen LogP) is 3.06. The summed E-state index contributed by atoms with van der Waals surface area (Å²) < 4.78 is 5.49. The molecule has 0 bridgehead atoms. The molecule has 0 saturated carbocycles. The second-order valence-electron chi connectivity index (χ2n) is 5.33. The number of ketones is 1. The van der Waals surface area contributed by atoms with E-state index in [2.05, 4.69) is 0 Å². The highest BCUT2D eigenvalue weighted by Gasteiger charge is 2.20. The number of carbonyl (C=O) groups excluding carboxylic acids is 2. The Balaban J connectivity index is 2.07. The minimum atomic E-state index is -0.0482. The molecule has 0 aromatic heterocycles. The summed E-state index contributed by atoms with van der Waals surface area (Å²) in [5.74, 6) is 0.648. The molecule has 1 amide bonds. The zero-order valence-electron chi connectivity index (χ0n) is 12.6. The van der Waals surface area contributed by atoms with Crippen LogP contribution in [0.2, 0.25) is 0 Å². The summed E-state index contributed by atoms with van der Waals surface area (Å²) in [5.41, 5.74) is 0.564. The van der Waals surface area contributed by atoms with Gasteiger partial charge in [-0.25, -0.2) is 0 Å². The number of para-hydroxylation sites is 1. The molecule has 4 nitrogen and oxygen atoms in total. The van der Waals surface area contributed by atoms with E-state index in [9.17, 15) is 9.59 Å².